The average Bonchev–Trinajstić information content (AvgIpc) is 1.59. The van der Waals surface area contributed by atoms with Gasteiger partial charge in [-0.05, 0) is 0 Å². The van der Waals surface area contributed by atoms with Gasteiger partial charge in [-0.2, -0.15) is 0 Å². The van der Waals surface area contributed by atoms with Gasteiger partial charge >= 0.3 is 71.8 Å². The summed E-state index contributed by atoms with van der Waals surface area (Å²) in [5.41, 5.74) is 10.9. The van der Waals surface area contributed by atoms with E-state index >= 15 is 0 Å². The molecule has 0 amide bonds. The van der Waals surface area contributed by atoms with Crippen LogP contribution in [0.3, 0.4) is 0 Å². The monoisotopic (exact) mass is 358 g/mol. The number of rotatable bonds is 0. The second kappa shape index (κ2) is 3.62. The van der Waals surface area contributed by atoms with Crippen LogP contribution < -0.4 is 11.5 Å². The van der Waals surface area contributed by atoms with Crippen molar-refractivity contribution in [2.24, 2.45) is 11.5 Å². The third-order valence-electron chi connectivity index (χ3n) is 0.834. The molecule has 1 heterocycles. The molecule has 4 nitrogen and oxygen atoms in total. The molecule has 0 aromatic carbocycles. The van der Waals surface area contributed by atoms with E-state index in [4.69, 9.17) is 17.6 Å². The van der Waals surface area contributed by atoms with Crippen LogP contribution in [0.2, 0.25) is 0 Å². The zero-order chi connectivity index (χ0) is 6.85. The molecule has 0 spiro atoms. The van der Waals surface area contributed by atoms with Crippen molar-refractivity contribution in [3.05, 3.63) is 0 Å². The number of nitrogens with two attached hydrogens (primary N) is 2. The van der Waals surface area contributed by atoms with Gasteiger partial charge in [-0.3, -0.25) is 0 Å². The van der Waals surface area contributed by atoms with Crippen LogP contribution in [-0.4, -0.2) is 12.5 Å². The van der Waals surface area contributed by atoms with E-state index in [1.54, 1.807) is 0 Å². The van der Waals surface area contributed by atoms with Crippen molar-refractivity contribution < 1.29 is 6.13 Å². The molecule has 6 heteroatoms. The first kappa shape index (κ1) is 8.40. The van der Waals surface area contributed by atoms with Crippen molar-refractivity contribution in [2.75, 3.05) is 0 Å². The number of hydrogen-bond acceptors (Lipinski definition) is 4. The first-order valence-electron chi connectivity index (χ1n) is 2.41. The van der Waals surface area contributed by atoms with Crippen molar-refractivity contribution in [3.8, 4) is 0 Å². The summed E-state index contributed by atoms with van der Waals surface area (Å²) in [6, 6.07) is 0. The van der Waals surface area contributed by atoms with Crippen LogP contribution in [0.15, 0.2) is 0 Å². The topological polar surface area (TPSA) is 70.5 Å². The molecular weight excluding hydrogens is 350 g/mol. The van der Waals surface area contributed by atoms with Gasteiger partial charge in [0, 0.05) is 0 Å². The van der Waals surface area contributed by atoms with E-state index in [1.165, 1.54) is 0 Å². The van der Waals surface area contributed by atoms with Crippen molar-refractivity contribution >= 4 is 35.3 Å². The van der Waals surface area contributed by atoms with E-state index in [2.05, 4.69) is 18.6 Å². The third kappa shape index (κ3) is 2.80. The quantitative estimate of drug-likeness (QED) is 0.625. The van der Waals surface area contributed by atoms with Gasteiger partial charge < -0.3 is 0 Å². The fourth-order valence-electron chi connectivity index (χ4n) is 0.503. The normalized spacial score (nSPS) is 41.0. The van der Waals surface area contributed by atoms with E-state index in [0.29, 0.717) is 6.42 Å². The SMILES string of the molecule is NC1CC(N)OI(I)O1. The van der Waals surface area contributed by atoms with Gasteiger partial charge in [-0.25, -0.2) is 0 Å². The van der Waals surface area contributed by atoms with E-state index in [-0.39, 0.29) is 12.5 Å². The molecule has 0 aliphatic carbocycles. The first-order valence-corrected chi connectivity index (χ1v) is 10.5. The third-order valence-corrected chi connectivity index (χ3v) is 5.52. The van der Waals surface area contributed by atoms with Gasteiger partial charge in [0.2, 0.25) is 0 Å². The van der Waals surface area contributed by atoms with Crippen LogP contribution in [0.1, 0.15) is 6.42 Å². The van der Waals surface area contributed by atoms with Crippen LogP contribution in [0.25, 0.3) is 0 Å². The van der Waals surface area contributed by atoms with Gasteiger partial charge in [-0.15, -0.1) is 0 Å². The van der Waals surface area contributed by atoms with Crippen molar-refractivity contribution in [1.29, 1.82) is 0 Å². The predicted molar refractivity (Wildman–Crippen MR) is 50.8 cm³/mol. The van der Waals surface area contributed by atoms with Crippen molar-refractivity contribution in [3.63, 3.8) is 0 Å². The second-order valence-corrected chi connectivity index (χ2v) is 8.18. The minimum atomic E-state index is -1.64. The second-order valence-electron chi connectivity index (χ2n) is 1.67. The average molecular weight is 358 g/mol. The van der Waals surface area contributed by atoms with Gasteiger partial charge in [0.25, 0.3) is 0 Å². The van der Waals surface area contributed by atoms with Gasteiger partial charge in [-0.1, -0.05) is 0 Å². The Morgan fingerprint density at radius 1 is 1.33 bits per heavy atom. The molecule has 1 saturated heterocycles. The maximum atomic E-state index is 5.47. The molecule has 0 saturated carbocycles. The van der Waals surface area contributed by atoms with Crippen LogP contribution >= 0.6 is 35.3 Å². The molecule has 56 valence electrons. The summed E-state index contributed by atoms with van der Waals surface area (Å²) >= 11 is 0.496. The van der Waals surface area contributed by atoms with E-state index in [9.17, 15) is 0 Å². The van der Waals surface area contributed by atoms with Crippen LogP contribution in [-0.2, 0) is 6.13 Å². The minimum absolute atomic E-state index is 0.198. The van der Waals surface area contributed by atoms with Gasteiger partial charge in [0.05, 0.1) is 0 Å². The summed E-state index contributed by atoms with van der Waals surface area (Å²) in [6.45, 7) is 0. The zero-order valence-corrected chi connectivity index (χ0v) is 8.90. The molecule has 2 unspecified atom stereocenters. The summed E-state index contributed by atoms with van der Waals surface area (Å²) in [5, 5.41) is 0. The Hall–Kier alpha value is 1.30. The molecule has 0 aromatic rings. The molecule has 0 radical (unpaired) electrons. The van der Waals surface area contributed by atoms with E-state index in [1.807, 2.05) is 0 Å². The molecule has 9 heavy (non-hydrogen) atoms. The first-order chi connectivity index (χ1) is 4.18. The zero-order valence-electron chi connectivity index (χ0n) is 4.59. The maximum absolute atomic E-state index is 5.47. The fourth-order valence-corrected chi connectivity index (χ4v) is 5.38. The Morgan fingerprint density at radius 2 is 1.78 bits per heavy atom. The molecule has 0 aromatic heterocycles. The standard InChI is InChI=1S/C3H8I2N2O2/c4-5-8-2(6)1-3(7)9-5/h2-3H,1,6-7H2. The Morgan fingerprint density at radius 3 is 2.11 bits per heavy atom. The Labute approximate surface area is 71.3 Å². The van der Waals surface area contributed by atoms with Gasteiger partial charge in [0.1, 0.15) is 0 Å². The van der Waals surface area contributed by atoms with E-state index < -0.39 is 16.7 Å². The van der Waals surface area contributed by atoms with Gasteiger partial charge in [0.15, 0.2) is 0 Å². The summed E-state index contributed by atoms with van der Waals surface area (Å²) in [4.78, 5) is 0. The molecule has 1 rings (SSSR count). The number of halogens is 2. The summed E-state index contributed by atoms with van der Waals surface area (Å²) in [7, 11) is 0. The number of hydrogen-bond donors (Lipinski definition) is 2. The molecule has 1 aliphatic heterocycles. The predicted octanol–water partition coefficient (Wildman–Crippen LogP) is 0.679. The molecule has 4 N–H and O–H groups in total. The van der Waals surface area contributed by atoms with Crippen LogP contribution in [0.5, 0.6) is 0 Å². The van der Waals surface area contributed by atoms with Crippen LogP contribution in [0.4, 0.5) is 0 Å². The molecular formula is C3H8I2N2O2. The fraction of sp³-hybridized carbons (Fsp3) is 1.00. The Bertz CT molecular complexity index is 78.8. The van der Waals surface area contributed by atoms with Crippen LogP contribution in [0, 0.1) is 0 Å². The molecule has 2 atom stereocenters. The molecule has 0 bridgehead atoms. The van der Waals surface area contributed by atoms with Crippen molar-refractivity contribution in [1.82, 2.24) is 0 Å². The van der Waals surface area contributed by atoms with E-state index in [0.717, 1.165) is 0 Å². The summed E-state index contributed by atoms with van der Waals surface area (Å²) < 4.78 is 10.4. The Kier molecular flexibility index (Phi) is 3.38. The summed E-state index contributed by atoms with van der Waals surface area (Å²) in [5.74, 6) is 0. The summed E-state index contributed by atoms with van der Waals surface area (Å²) in [6.07, 6.45) is 0.212. The molecule has 1 fully saturated rings. The van der Waals surface area contributed by atoms with Crippen molar-refractivity contribution in [2.45, 2.75) is 18.9 Å². The Balaban J connectivity index is 2.34. The molecule has 1 aliphatic rings.